The van der Waals surface area contributed by atoms with E-state index in [4.69, 9.17) is 47.0 Å². The van der Waals surface area contributed by atoms with Gasteiger partial charge in [0, 0.05) is 11.5 Å². The number of aromatic hydroxyl groups is 1. The number of phenols is 1. The van der Waals surface area contributed by atoms with Crippen LogP contribution in [0.4, 0.5) is 0 Å². The van der Waals surface area contributed by atoms with Crippen molar-refractivity contribution >= 4 is 16.9 Å². The molecule has 0 aliphatic carbocycles. The van der Waals surface area contributed by atoms with Gasteiger partial charge >= 0.3 is 11.6 Å². The third-order valence-electron chi connectivity index (χ3n) is 8.01. The van der Waals surface area contributed by atoms with Crippen LogP contribution in [0.1, 0.15) is 10.4 Å². The molecule has 18 nitrogen and oxygen atoms in total. The van der Waals surface area contributed by atoms with Crippen molar-refractivity contribution in [3.05, 3.63) is 46.3 Å². The second-order valence-corrected chi connectivity index (χ2v) is 11.1. The molecule has 268 valence electrons. The van der Waals surface area contributed by atoms with E-state index in [-0.39, 0.29) is 45.6 Å². The lowest BCUT2D eigenvalue weighted by molar-refractivity contribution is -0.289. The summed E-state index contributed by atoms with van der Waals surface area (Å²) in [5.41, 5.74) is -2.88. The molecule has 2 aliphatic heterocycles. The molecule has 2 aromatic carbocycles. The van der Waals surface area contributed by atoms with Crippen molar-refractivity contribution in [3.8, 4) is 34.5 Å². The Morgan fingerprint density at radius 3 is 2.18 bits per heavy atom. The first-order valence-electron chi connectivity index (χ1n) is 14.7. The minimum atomic E-state index is -2.13. The van der Waals surface area contributed by atoms with Gasteiger partial charge in [-0.05, 0) is 24.3 Å². The maximum Gasteiger partial charge on any atom is 0.338 e. The first-order valence-corrected chi connectivity index (χ1v) is 14.7. The van der Waals surface area contributed by atoms with E-state index in [0.29, 0.717) is 5.39 Å². The molecular formula is C31H36O18. The number of hydrogen-bond donors (Lipinski definition) is 6. The number of aliphatic hydroxyl groups is 5. The van der Waals surface area contributed by atoms with Gasteiger partial charge in [-0.1, -0.05) is 0 Å². The lowest BCUT2D eigenvalue weighted by Crippen LogP contribution is -2.60. The summed E-state index contributed by atoms with van der Waals surface area (Å²) in [6, 6.07) is 6.54. The molecule has 3 aromatic rings. The molecule has 8 atom stereocenters. The van der Waals surface area contributed by atoms with Gasteiger partial charge < -0.3 is 77.7 Å². The van der Waals surface area contributed by atoms with Gasteiger partial charge in [-0.2, -0.15) is 0 Å². The average molecular weight is 697 g/mol. The molecule has 2 saturated heterocycles. The zero-order valence-corrected chi connectivity index (χ0v) is 26.6. The summed E-state index contributed by atoms with van der Waals surface area (Å²) >= 11 is 0. The fourth-order valence-electron chi connectivity index (χ4n) is 5.25. The SMILES string of the molecule is COc1cc(C(=O)OC[C@@]2(O)CO[C@@H](OC[C@H]3O[C@@H](Oc4c(OC)cc5ccc(=O)oc5c4OC)[C@H](O)[C@@H](O)[C@@H]3O)[C@@H]2O)cc(OC)c1O. The summed E-state index contributed by atoms with van der Waals surface area (Å²) in [5.74, 6) is -1.56. The van der Waals surface area contributed by atoms with Gasteiger partial charge in [0.2, 0.25) is 23.5 Å². The van der Waals surface area contributed by atoms with Crippen molar-refractivity contribution in [2.45, 2.75) is 48.7 Å². The molecule has 0 spiro atoms. The molecule has 6 N–H and O–H groups in total. The highest BCUT2D eigenvalue weighted by Crippen LogP contribution is 2.44. The number of ether oxygens (including phenoxy) is 9. The number of carbonyl (C=O) groups excluding carboxylic acids is 1. The van der Waals surface area contributed by atoms with Crippen molar-refractivity contribution in [1.82, 2.24) is 0 Å². The third kappa shape index (κ3) is 7.03. The highest BCUT2D eigenvalue weighted by atomic mass is 16.7. The maximum absolute atomic E-state index is 12.7. The van der Waals surface area contributed by atoms with Crippen LogP contribution >= 0.6 is 0 Å². The number of carbonyl (C=O) groups is 1. The second-order valence-electron chi connectivity index (χ2n) is 11.1. The predicted molar refractivity (Wildman–Crippen MR) is 161 cm³/mol. The molecule has 18 heteroatoms. The van der Waals surface area contributed by atoms with Crippen LogP contribution < -0.4 is 29.3 Å². The molecular weight excluding hydrogens is 660 g/mol. The van der Waals surface area contributed by atoms with Crippen molar-refractivity contribution in [2.75, 3.05) is 48.3 Å². The number of phenolic OH excluding ortho intramolecular Hbond substituents is 1. The van der Waals surface area contributed by atoms with Gasteiger partial charge in [-0.25, -0.2) is 9.59 Å². The first-order chi connectivity index (χ1) is 23.3. The summed E-state index contributed by atoms with van der Waals surface area (Å²) in [5, 5.41) is 64.2. The maximum atomic E-state index is 12.7. The molecule has 2 aliphatic rings. The molecule has 0 unspecified atom stereocenters. The fraction of sp³-hybridized carbons (Fsp3) is 0.484. The van der Waals surface area contributed by atoms with Crippen LogP contribution in [0.3, 0.4) is 0 Å². The molecule has 0 saturated carbocycles. The van der Waals surface area contributed by atoms with Crippen LogP contribution in [-0.2, 0) is 18.9 Å². The molecule has 3 heterocycles. The summed E-state index contributed by atoms with van der Waals surface area (Å²) in [6.07, 6.45) is -11.7. The van der Waals surface area contributed by atoms with Crippen LogP contribution in [0, 0.1) is 0 Å². The topological polar surface area (TPSA) is 252 Å². The summed E-state index contributed by atoms with van der Waals surface area (Å²) in [7, 11) is 5.15. The number of fused-ring (bicyclic) bond motifs is 1. The molecule has 2 fully saturated rings. The van der Waals surface area contributed by atoms with Gasteiger partial charge in [-0.15, -0.1) is 0 Å². The normalized spacial score (nSPS) is 28.2. The zero-order valence-electron chi connectivity index (χ0n) is 26.6. The number of benzene rings is 2. The van der Waals surface area contributed by atoms with Gasteiger partial charge in [0.25, 0.3) is 0 Å². The van der Waals surface area contributed by atoms with E-state index in [9.17, 15) is 40.2 Å². The van der Waals surface area contributed by atoms with E-state index in [1.54, 1.807) is 0 Å². The first kappa shape index (κ1) is 35.9. The van der Waals surface area contributed by atoms with Gasteiger partial charge in [0.15, 0.2) is 34.7 Å². The van der Waals surface area contributed by atoms with E-state index in [1.165, 1.54) is 58.8 Å². The summed E-state index contributed by atoms with van der Waals surface area (Å²) in [6.45, 7) is -1.83. The smallest absolute Gasteiger partial charge is 0.338 e. The third-order valence-corrected chi connectivity index (χ3v) is 8.01. The lowest BCUT2D eigenvalue weighted by Gasteiger charge is -2.40. The zero-order chi connectivity index (χ0) is 35.6. The lowest BCUT2D eigenvalue weighted by atomic mass is 9.99. The van der Waals surface area contributed by atoms with Crippen LogP contribution in [0.15, 0.2) is 39.5 Å². The Kier molecular flexibility index (Phi) is 10.7. The Morgan fingerprint density at radius 2 is 1.55 bits per heavy atom. The predicted octanol–water partition coefficient (Wildman–Crippen LogP) is -0.959. The molecule has 49 heavy (non-hydrogen) atoms. The van der Waals surface area contributed by atoms with Crippen LogP contribution in [0.25, 0.3) is 11.0 Å². The second kappa shape index (κ2) is 14.6. The van der Waals surface area contributed by atoms with E-state index < -0.39 is 80.1 Å². The minimum Gasteiger partial charge on any atom is -0.502 e. The molecule has 1 aromatic heterocycles. The molecule has 0 amide bonds. The Hall–Kier alpha value is -4.40. The highest BCUT2D eigenvalue weighted by molar-refractivity contribution is 5.91. The number of methoxy groups -OCH3 is 4. The molecule has 5 rings (SSSR count). The standard InChI is InChI=1S/C31H36O18/c1-40-15-8-14(9-16(41-2)20(15)33)28(38)45-11-31(39)12-46-30(27(31)37)44-10-18-21(34)22(35)23(36)29(47-18)49-25-17(42-3)7-13-5-6-19(32)48-24(13)26(25)43-4/h5-9,18,21-23,27,29-30,33-37,39H,10-12H2,1-4H3/t18-,21-,22+,23-,27+,29+,30-,31-/m1/s1. The quantitative estimate of drug-likeness (QED) is 0.0985. The number of esters is 1. The van der Waals surface area contributed by atoms with Crippen molar-refractivity contribution in [3.63, 3.8) is 0 Å². The Morgan fingerprint density at radius 1 is 0.878 bits per heavy atom. The van der Waals surface area contributed by atoms with Gasteiger partial charge in [0.05, 0.1) is 47.2 Å². The highest BCUT2D eigenvalue weighted by Gasteiger charge is 2.51. The largest absolute Gasteiger partial charge is 0.502 e. The van der Waals surface area contributed by atoms with E-state index in [0.717, 1.165) is 0 Å². The molecule has 0 bridgehead atoms. The van der Waals surface area contributed by atoms with E-state index in [1.807, 2.05) is 0 Å². The van der Waals surface area contributed by atoms with Gasteiger partial charge in [-0.3, -0.25) is 0 Å². The van der Waals surface area contributed by atoms with E-state index in [2.05, 4.69) is 0 Å². The van der Waals surface area contributed by atoms with Gasteiger partial charge in [0.1, 0.15) is 37.1 Å². The Balaban J connectivity index is 1.25. The van der Waals surface area contributed by atoms with Crippen LogP contribution in [0.2, 0.25) is 0 Å². The monoisotopic (exact) mass is 696 g/mol. The van der Waals surface area contributed by atoms with Crippen molar-refractivity contribution in [2.24, 2.45) is 0 Å². The fourth-order valence-corrected chi connectivity index (χ4v) is 5.25. The Bertz CT molecular complexity index is 1680. The van der Waals surface area contributed by atoms with E-state index >= 15 is 0 Å². The number of hydrogen-bond acceptors (Lipinski definition) is 18. The molecule has 0 radical (unpaired) electrons. The van der Waals surface area contributed by atoms with Crippen LogP contribution in [-0.4, -0.2) is 134 Å². The summed E-state index contributed by atoms with van der Waals surface area (Å²) in [4.78, 5) is 24.6. The number of rotatable bonds is 12. The van der Waals surface area contributed by atoms with Crippen molar-refractivity contribution < 1.29 is 82.5 Å². The Labute approximate surface area is 277 Å². The summed E-state index contributed by atoms with van der Waals surface area (Å²) < 4.78 is 53.8. The average Bonchev–Trinajstić information content (AvgIpc) is 3.38. The number of aliphatic hydroxyl groups excluding tert-OH is 4. The van der Waals surface area contributed by atoms with Crippen LogP contribution in [0.5, 0.6) is 34.5 Å². The minimum absolute atomic E-state index is 0.00428. The van der Waals surface area contributed by atoms with Crippen molar-refractivity contribution in [1.29, 1.82) is 0 Å².